The molecule has 0 saturated carbocycles. The fourth-order valence-corrected chi connectivity index (χ4v) is 3.21. The molecule has 0 fully saturated rings. The van der Waals surface area contributed by atoms with Crippen LogP contribution in [0.5, 0.6) is 5.75 Å². The largest absolute Gasteiger partial charge is 0.506 e. The van der Waals surface area contributed by atoms with Gasteiger partial charge < -0.3 is 15.5 Å². The van der Waals surface area contributed by atoms with Crippen molar-refractivity contribution in [2.75, 3.05) is 6.54 Å². The highest BCUT2D eigenvalue weighted by Crippen LogP contribution is 2.34. The summed E-state index contributed by atoms with van der Waals surface area (Å²) in [6.45, 7) is -0.563. The number of carboxylic acid groups (broad SMARTS) is 1. The first-order chi connectivity index (χ1) is 11.5. The van der Waals surface area contributed by atoms with Gasteiger partial charge in [0.05, 0.1) is 26.8 Å². The van der Waals surface area contributed by atoms with Gasteiger partial charge in [-0.2, -0.15) is 0 Å². The van der Waals surface area contributed by atoms with Crippen molar-refractivity contribution in [2.45, 2.75) is 0 Å². The van der Waals surface area contributed by atoms with Gasteiger partial charge in [-0.25, -0.2) is 4.98 Å². The Morgan fingerprint density at radius 2 is 2.17 bits per heavy atom. The fourth-order valence-electron chi connectivity index (χ4n) is 2.12. The molecule has 3 rings (SSSR count). The molecule has 0 bridgehead atoms. The molecule has 1 aromatic carbocycles. The van der Waals surface area contributed by atoms with Gasteiger partial charge in [-0.1, -0.05) is 6.07 Å². The Kier molecular flexibility index (Phi) is 4.45. The minimum absolute atomic E-state index is 0.120. The molecule has 0 aliphatic rings. The average Bonchev–Trinajstić information content (AvgIpc) is 3.08. The Morgan fingerprint density at radius 1 is 1.38 bits per heavy atom. The number of carboxylic acids is 1. The van der Waals surface area contributed by atoms with Crippen LogP contribution in [0.4, 0.5) is 0 Å². The van der Waals surface area contributed by atoms with E-state index in [1.54, 1.807) is 6.07 Å². The van der Waals surface area contributed by atoms with Crippen molar-refractivity contribution in [3.8, 4) is 16.3 Å². The quantitative estimate of drug-likeness (QED) is 0.612. The number of aromatic nitrogens is 2. The highest BCUT2D eigenvalue weighted by atomic mass is 79.9. The molecule has 9 heteroatoms. The fraction of sp³-hybridized carbons (Fsp3) is 0.0667. The van der Waals surface area contributed by atoms with Crippen molar-refractivity contribution in [3.05, 3.63) is 39.8 Å². The van der Waals surface area contributed by atoms with Gasteiger partial charge in [-0.15, -0.1) is 11.3 Å². The smallest absolute Gasteiger partial charge is 0.322 e. The van der Waals surface area contributed by atoms with Crippen molar-refractivity contribution in [1.29, 1.82) is 0 Å². The standard InChI is InChI=1S/C15H10BrN3O4S/c16-7-4-8-13(12(14(7)22)15(23)18-6-11(20)21)17-5-9(19-8)10-2-1-3-24-10/h1-5,22H,6H2,(H,18,23)(H,20,21). The Morgan fingerprint density at radius 3 is 2.83 bits per heavy atom. The Bertz CT molecular complexity index is 944. The minimum atomic E-state index is -1.19. The van der Waals surface area contributed by atoms with Crippen molar-refractivity contribution >= 4 is 50.2 Å². The minimum Gasteiger partial charge on any atom is -0.506 e. The van der Waals surface area contributed by atoms with E-state index < -0.39 is 18.4 Å². The maximum atomic E-state index is 12.2. The molecular formula is C15H10BrN3O4S. The number of hydrogen-bond acceptors (Lipinski definition) is 6. The summed E-state index contributed by atoms with van der Waals surface area (Å²) in [6.07, 6.45) is 1.51. The number of benzene rings is 1. The monoisotopic (exact) mass is 407 g/mol. The number of amides is 1. The zero-order valence-electron chi connectivity index (χ0n) is 12.0. The van der Waals surface area contributed by atoms with E-state index >= 15 is 0 Å². The van der Waals surface area contributed by atoms with Crippen LogP contribution in [0.15, 0.2) is 34.2 Å². The summed E-state index contributed by atoms with van der Waals surface area (Å²) in [5.74, 6) is -2.24. The van der Waals surface area contributed by atoms with Crippen LogP contribution in [0, 0.1) is 0 Å². The second-order valence-corrected chi connectivity index (χ2v) is 6.56. The molecule has 122 valence electrons. The summed E-state index contributed by atoms with van der Waals surface area (Å²) in [6, 6.07) is 5.35. The lowest BCUT2D eigenvalue weighted by Gasteiger charge is -2.10. The highest BCUT2D eigenvalue weighted by Gasteiger charge is 2.21. The number of rotatable bonds is 4. The first kappa shape index (κ1) is 16.3. The number of nitrogens with one attached hydrogen (secondary N) is 1. The van der Waals surface area contributed by atoms with Crippen molar-refractivity contribution < 1.29 is 19.8 Å². The number of aliphatic carboxylic acids is 1. The molecule has 2 aromatic heterocycles. The summed E-state index contributed by atoms with van der Waals surface area (Å²) in [5.41, 5.74) is 1.13. The van der Waals surface area contributed by atoms with Gasteiger partial charge in [0, 0.05) is 0 Å². The maximum Gasteiger partial charge on any atom is 0.322 e. The van der Waals surface area contributed by atoms with Gasteiger partial charge in [0.15, 0.2) is 0 Å². The third-order valence-corrected chi connectivity index (χ3v) is 4.66. The molecule has 24 heavy (non-hydrogen) atoms. The van der Waals surface area contributed by atoms with Crippen molar-refractivity contribution in [3.63, 3.8) is 0 Å². The zero-order chi connectivity index (χ0) is 17.3. The van der Waals surface area contributed by atoms with Crippen LogP contribution in [0.2, 0.25) is 0 Å². The summed E-state index contributed by atoms with van der Waals surface area (Å²) >= 11 is 4.68. The molecule has 3 N–H and O–H groups in total. The number of halogens is 1. The predicted molar refractivity (Wildman–Crippen MR) is 92.2 cm³/mol. The van der Waals surface area contributed by atoms with Crippen LogP contribution in [-0.4, -0.2) is 38.6 Å². The summed E-state index contributed by atoms with van der Waals surface area (Å²) in [7, 11) is 0. The molecule has 0 aliphatic heterocycles. The number of phenolic OH excluding ortho intramolecular Hbond substituents is 1. The summed E-state index contributed by atoms with van der Waals surface area (Å²) < 4.78 is 0.271. The first-order valence-electron chi connectivity index (χ1n) is 6.69. The maximum absolute atomic E-state index is 12.2. The topological polar surface area (TPSA) is 112 Å². The molecular weight excluding hydrogens is 398 g/mol. The molecule has 0 spiro atoms. The van der Waals surface area contributed by atoms with Gasteiger partial charge in [-0.3, -0.25) is 14.6 Å². The van der Waals surface area contributed by atoms with E-state index in [0.29, 0.717) is 11.2 Å². The third-order valence-electron chi connectivity index (χ3n) is 3.16. The van der Waals surface area contributed by atoms with Crippen molar-refractivity contribution in [2.24, 2.45) is 0 Å². The number of carbonyl (C=O) groups excluding carboxylic acids is 1. The number of carbonyl (C=O) groups is 2. The highest BCUT2D eigenvalue weighted by molar-refractivity contribution is 9.10. The van der Waals surface area contributed by atoms with Gasteiger partial charge in [-0.05, 0) is 33.4 Å². The molecule has 3 aromatic rings. The normalized spacial score (nSPS) is 10.7. The van der Waals surface area contributed by atoms with Crippen LogP contribution in [-0.2, 0) is 4.79 Å². The summed E-state index contributed by atoms with van der Waals surface area (Å²) in [4.78, 5) is 32.5. The van der Waals surface area contributed by atoms with Crippen LogP contribution in [0.1, 0.15) is 10.4 Å². The number of phenols is 1. The van der Waals surface area contributed by atoms with E-state index in [1.807, 2.05) is 17.5 Å². The van der Waals surface area contributed by atoms with E-state index in [-0.39, 0.29) is 21.3 Å². The first-order valence-corrected chi connectivity index (χ1v) is 8.36. The molecule has 1 amide bonds. The van der Waals surface area contributed by atoms with Crippen LogP contribution < -0.4 is 5.32 Å². The number of nitrogens with zero attached hydrogens (tertiary/aromatic N) is 2. The number of thiophene rings is 1. The lowest BCUT2D eigenvalue weighted by molar-refractivity contribution is -0.135. The molecule has 2 heterocycles. The molecule has 0 saturated heterocycles. The number of fused-ring (bicyclic) bond motifs is 1. The molecule has 0 unspecified atom stereocenters. The van der Waals surface area contributed by atoms with Gasteiger partial charge in [0.2, 0.25) is 0 Å². The number of hydrogen-bond donors (Lipinski definition) is 3. The third kappa shape index (κ3) is 3.08. The van der Waals surface area contributed by atoms with Crippen molar-refractivity contribution in [1.82, 2.24) is 15.3 Å². The van der Waals surface area contributed by atoms with E-state index in [0.717, 1.165) is 4.88 Å². The van der Waals surface area contributed by atoms with E-state index in [2.05, 4.69) is 31.2 Å². The van der Waals surface area contributed by atoms with Gasteiger partial charge in [0.1, 0.15) is 23.4 Å². The molecule has 0 atom stereocenters. The molecule has 0 radical (unpaired) electrons. The van der Waals surface area contributed by atoms with Crippen LogP contribution in [0.3, 0.4) is 0 Å². The van der Waals surface area contributed by atoms with Crippen LogP contribution in [0.25, 0.3) is 21.6 Å². The van der Waals surface area contributed by atoms with E-state index in [4.69, 9.17) is 5.11 Å². The second-order valence-electron chi connectivity index (χ2n) is 4.76. The van der Waals surface area contributed by atoms with E-state index in [1.165, 1.54) is 17.5 Å². The second kappa shape index (κ2) is 6.54. The lowest BCUT2D eigenvalue weighted by Crippen LogP contribution is -2.29. The molecule has 7 nitrogen and oxygen atoms in total. The predicted octanol–water partition coefficient (Wildman–Crippen LogP) is 2.64. The average molecular weight is 408 g/mol. The Labute approximate surface area is 148 Å². The van der Waals surface area contributed by atoms with Crippen LogP contribution >= 0.6 is 27.3 Å². The molecule has 0 aliphatic carbocycles. The Hall–Kier alpha value is -2.52. The number of aromatic hydroxyl groups is 1. The summed E-state index contributed by atoms with van der Waals surface area (Å²) in [5, 5.41) is 23.0. The Balaban J connectivity index is 2.12. The van der Waals surface area contributed by atoms with Gasteiger partial charge in [0.25, 0.3) is 5.91 Å². The van der Waals surface area contributed by atoms with E-state index in [9.17, 15) is 14.7 Å². The lowest BCUT2D eigenvalue weighted by atomic mass is 10.1. The SMILES string of the molecule is O=C(O)CNC(=O)c1c(O)c(Br)cc2nc(-c3cccs3)cnc12. The zero-order valence-corrected chi connectivity index (χ0v) is 14.4. The van der Waals surface area contributed by atoms with Gasteiger partial charge >= 0.3 is 5.97 Å².